The monoisotopic (exact) mass is 250 g/mol. The van der Waals surface area contributed by atoms with E-state index >= 15 is 0 Å². The molecule has 0 saturated carbocycles. The topological polar surface area (TPSA) is 29.5 Å². The minimum atomic E-state index is -0.987. The maximum atomic E-state index is 13.9. The number of ether oxygens (including phenoxy) is 1. The highest BCUT2D eigenvalue weighted by Crippen LogP contribution is 2.32. The number of aryl methyl sites for hydroxylation is 1. The van der Waals surface area contributed by atoms with Crippen LogP contribution in [0.3, 0.4) is 0 Å². The molecule has 0 unspecified atom stereocenters. The number of hydrogen-bond donors (Lipinski definition) is 1. The van der Waals surface area contributed by atoms with Gasteiger partial charge < -0.3 is 9.84 Å². The van der Waals surface area contributed by atoms with E-state index in [0.29, 0.717) is 12.0 Å². The van der Waals surface area contributed by atoms with Crippen LogP contribution in [0.5, 0.6) is 0 Å². The van der Waals surface area contributed by atoms with Crippen LogP contribution in [-0.4, -0.2) is 5.11 Å². The van der Waals surface area contributed by atoms with Gasteiger partial charge in [-0.15, -0.1) is 0 Å². The van der Waals surface area contributed by atoms with Crippen molar-refractivity contribution in [1.29, 1.82) is 0 Å². The van der Waals surface area contributed by atoms with Gasteiger partial charge in [0.25, 0.3) is 0 Å². The number of rotatable bonds is 2. The van der Waals surface area contributed by atoms with Crippen molar-refractivity contribution in [3.8, 4) is 0 Å². The van der Waals surface area contributed by atoms with E-state index in [2.05, 4.69) is 6.58 Å². The fourth-order valence-electron chi connectivity index (χ4n) is 1.74. The third kappa shape index (κ3) is 2.01. The van der Waals surface area contributed by atoms with Crippen molar-refractivity contribution in [2.75, 3.05) is 0 Å². The summed E-state index contributed by atoms with van der Waals surface area (Å²) in [5, 5.41) is 9.44. The molecule has 1 aromatic carbocycles. The van der Waals surface area contributed by atoms with Crippen LogP contribution in [0.25, 0.3) is 5.76 Å². The van der Waals surface area contributed by atoms with Gasteiger partial charge in [-0.25, -0.2) is 8.78 Å². The number of halogens is 2. The van der Waals surface area contributed by atoms with Crippen LogP contribution < -0.4 is 0 Å². The minimum Gasteiger partial charge on any atom is -0.508 e. The quantitative estimate of drug-likeness (QED) is 0.804. The Hall–Kier alpha value is -2.10. The molecule has 0 fully saturated rings. The zero-order valence-corrected chi connectivity index (χ0v) is 9.84. The van der Waals surface area contributed by atoms with E-state index in [-0.39, 0.29) is 22.6 Å². The van der Waals surface area contributed by atoms with Crippen molar-refractivity contribution in [3.05, 3.63) is 65.1 Å². The first-order chi connectivity index (χ1) is 8.52. The highest BCUT2D eigenvalue weighted by molar-refractivity contribution is 5.68. The third-order valence-electron chi connectivity index (χ3n) is 2.75. The van der Waals surface area contributed by atoms with Gasteiger partial charge in [-0.1, -0.05) is 12.6 Å². The summed E-state index contributed by atoms with van der Waals surface area (Å²) in [6.45, 7) is 4.87. The van der Waals surface area contributed by atoms with Gasteiger partial charge in [0, 0.05) is 12.0 Å². The van der Waals surface area contributed by atoms with Gasteiger partial charge in [-0.2, -0.15) is 0 Å². The maximum Gasteiger partial charge on any atom is 0.170 e. The Labute approximate surface area is 104 Å². The summed E-state index contributed by atoms with van der Waals surface area (Å²) in [6.07, 6.45) is 3.39. The van der Waals surface area contributed by atoms with Crippen molar-refractivity contribution < 1.29 is 18.6 Å². The molecule has 4 heteroatoms. The lowest BCUT2D eigenvalue weighted by atomic mass is 10.0. The third-order valence-corrected chi connectivity index (χ3v) is 2.75. The minimum absolute atomic E-state index is 0.0207. The lowest BCUT2D eigenvalue weighted by Gasteiger charge is -2.17. The largest absolute Gasteiger partial charge is 0.508 e. The van der Waals surface area contributed by atoms with E-state index in [1.54, 1.807) is 6.08 Å². The molecule has 94 valence electrons. The van der Waals surface area contributed by atoms with Gasteiger partial charge in [0.1, 0.15) is 11.5 Å². The van der Waals surface area contributed by atoms with E-state index in [1.807, 2.05) is 0 Å². The van der Waals surface area contributed by atoms with E-state index in [0.717, 1.165) is 0 Å². The van der Waals surface area contributed by atoms with E-state index in [9.17, 15) is 13.9 Å². The van der Waals surface area contributed by atoms with Crippen molar-refractivity contribution >= 4 is 5.76 Å². The van der Waals surface area contributed by atoms with Gasteiger partial charge in [0.2, 0.25) is 0 Å². The molecular formula is C14H12F2O2. The van der Waals surface area contributed by atoms with Crippen molar-refractivity contribution in [1.82, 2.24) is 0 Å². The summed E-state index contributed by atoms with van der Waals surface area (Å²) in [6, 6.07) is 2.88. The molecule has 0 spiro atoms. The molecule has 1 N–H and O–H groups in total. The van der Waals surface area contributed by atoms with Crippen molar-refractivity contribution in [2.24, 2.45) is 0 Å². The Kier molecular flexibility index (Phi) is 3.19. The first kappa shape index (κ1) is 12.4. The first-order valence-electron chi connectivity index (χ1n) is 5.40. The van der Waals surface area contributed by atoms with Crippen LogP contribution in [0.15, 0.2) is 42.4 Å². The van der Waals surface area contributed by atoms with Gasteiger partial charge in [-0.05, 0) is 24.6 Å². The number of aliphatic hydroxyl groups excluding tert-OH is 1. The Morgan fingerprint density at radius 2 is 2.06 bits per heavy atom. The van der Waals surface area contributed by atoms with Gasteiger partial charge in [0.15, 0.2) is 11.6 Å². The molecule has 2 nitrogen and oxygen atoms in total. The fraction of sp³-hybridized carbons (Fsp3) is 0.143. The molecule has 1 heterocycles. The van der Waals surface area contributed by atoms with Gasteiger partial charge in [0.05, 0.1) is 11.8 Å². The molecule has 0 saturated heterocycles. The second-order valence-electron chi connectivity index (χ2n) is 4.01. The molecule has 0 bridgehead atoms. The normalized spacial score (nSPS) is 14.6. The Bertz CT molecular complexity index is 571. The number of aliphatic hydroxyl groups is 1. The van der Waals surface area contributed by atoms with Crippen LogP contribution in [0, 0.1) is 18.6 Å². The molecule has 1 aliphatic heterocycles. The molecule has 2 rings (SSSR count). The standard InChI is InChI=1S/C14H12F2O2/c1-8-5-6-11(13(16)12(8)15)14-10(9(2)17)4-3-7-18-14/h3,5-7,17H,2,4H2,1H3. The lowest BCUT2D eigenvalue weighted by Crippen LogP contribution is -2.04. The van der Waals surface area contributed by atoms with Crippen LogP contribution >= 0.6 is 0 Å². The molecule has 0 amide bonds. The molecule has 0 atom stereocenters. The summed E-state index contributed by atoms with van der Waals surface area (Å²) >= 11 is 0. The van der Waals surface area contributed by atoms with E-state index < -0.39 is 11.6 Å². The average Bonchev–Trinajstić information content (AvgIpc) is 2.36. The van der Waals surface area contributed by atoms with Crippen LogP contribution in [0.2, 0.25) is 0 Å². The van der Waals surface area contributed by atoms with Crippen molar-refractivity contribution in [2.45, 2.75) is 13.3 Å². The van der Waals surface area contributed by atoms with E-state index in [1.165, 1.54) is 25.3 Å². The molecule has 1 aromatic rings. The van der Waals surface area contributed by atoms with Crippen LogP contribution in [0.4, 0.5) is 8.78 Å². The second kappa shape index (κ2) is 4.64. The zero-order valence-electron chi connectivity index (χ0n) is 9.84. The Morgan fingerprint density at radius 3 is 2.72 bits per heavy atom. The predicted molar refractivity (Wildman–Crippen MR) is 64.6 cm³/mol. The van der Waals surface area contributed by atoms with E-state index in [4.69, 9.17) is 4.74 Å². The summed E-state index contributed by atoms with van der Waals surface area (Å²) in [5.74, 6) is -2.02. The molecule has 1 aliphatic rings. The highest BCUT2D eigenvalue weighted by atomic mass is 19.2. The summed E-state index contributed by atoms with van der Waals surface area (Å²) in [7, 11) is 0. The second-order valence-corrected chi connectivity index (χ2v) is 4.01. The zero-order chi connectivity index (χ0) is 13.3. The smallest absolute Gasteiger partial charge is 0.170 e. The highest BCUT2D eigenvalue weighted by Gasteiger charge is 2.21. The van der Waals surface area contributed by atoms with Crippen LogP contribution in [-0.2, 0) is 4.74 Å². The van der Waals surface area contributed by atoms with Crippen molar-refractivity contribution in [3.63, 3.8) is 0 Å². The summed E-state index contributed by atoms with van der Waals surface area (Å²) < 4.78 is 32.6. The maximum absolute atomic E-state index is 13.9. The van der Waals surface area contributed by atoms with Gasteiger partial charge in [-0.3, -0.25) is 0 Å². The SMILES string of the molecule is C=C(O)C1=C(c2ccc(C)c(F)c2F)OC=CC1. The average molecular weight is 250 g/mol. The number of benzene rings is 1. The fourth-order valence-corrected chi connectivity index (χ4v) is 1.74. The lowest BCUT2D eigenvalue weighted by molar-refractivity contribution is 0.389. The molecule has 0 aliphatic carbocycles. The predicted octanol–water partition coefficient (Wildman–Crippen LogP) is 3.99. The number of allylic oxidation sites excluding steroid dienone is 2. The number of hydrogen-bond acceptors (Lipinski definition) is 2. The molecule has 18 heavy (non-hydrogen) atoms. The summed E-state index contributed by atoms with van der Waals surface area (Å²) in [5.41, 5.74) is 0.542. The molecular weight excluding hydrogens is 238 g/mol. The summed E-state index contributed by atoms with van der Waals surface area (Å²) in [4.78, 5) is 0. The Balaban J connectivity index is 2.60. The van der Waals surface area contributed by atoms with Gasteiger partial charge >= 0.3 is 0 Å². The molecule has 0 radical (unpaired) electrons. The molecule has 0 aromatic heterocycles. The Morgan fingerprint density at radius 1 is 1.33 bits per heavy atom. The first-order valence-corrected chi connectivity index (χ1v) is 5.40. The van der Waals surface area contributed by atoms with Crippen LogP contribution in [0.1, 0.15) is 17.5 Å².